The first kappa shape index (κ1) is 63.6. The fraction of sp³-hybridized carbons (Fsp3) is 0.0462. The number of anilines is 6. The average molecular weight is 1250 g/mol. The van der Waals surface area contributed by atoms with Gasteiger partial charge in [-0.1, -0.05) is 144 Å². The molecule has 21 nitrogen and oxygen atoms in total. The summed E-state index contributed by atoms with van der Waals surface area (Å²) in [4.78, 5) is 55.4. The fourth-order valence-corrected chi connectivity index (χ4v) is 8.18. The summed E-state index contributed by atoms with van der Waals surface area (Å²) in [6, 6.07) is 68.6. The van der Waals surface area contributed by atoms with Gasteiger partial charge in [0.2, 0.25) is 3.79 Å². The zero-order chi connectivity index (χ0) is 63.3. The van der Waals surface area contributed by atoms with Crippen LogP contribution in [-0.4, -0.2) is 79.1 Å². The third kappa shape index (κ3) is 18.1. The molecule has 0 fully saturated rings. The number of fused-ring (bicyclic) bond motifs is 6. The molecule has 0 bridgehead atoms. The number of benzene rings is 9. The number of aldehydes is 1. The molecule has 0 amide bonds. The van der Waals surface area contributed by atoms with Crippen molar-refractivity contribution in [2.75, 3.05) is 41.5 Å². The van der Waals surface area contributed by atoms with E-state index in [0.29, 0.717) is 52.1 Å². The summed E-state index contributed by atoms with van der Waals surface area (Å²) in [6.07, 6.45) is 0.708. The highest BCUT2D eigenvalue weighted by Gasteiger charge is 2.26. The molecule has 24 heteroatoms. The van der Waals surface area contributed by atoms with Crippen LogP contribution in [0.2, 0.25) is 0 Å². The first-order valence-corrected chi connectivity index (χ1v) is 28.2. The number of aromatic amines is 6. The summed E-state index contributed by atoms with van der Waals surface area (Å²) in [5.41, 5.74) is 47.5. The Labute approximate surface area is 524 Å². The van der Waals surface area contributed by atoms with E-state index in [1.807, 2.05) is 182 Å². The number of nitrogens with one attached hydrogen (secondary N) is 7. The van der Waals surface area contributed by atoms with Crippen LogP contribution in [-0.2, 0) is 8.53 Å². The molecule has 0 unspecified atom stereocenters. The second kappa shape index (κ2) is 30.6. The number of rotatable bonds is 3. The number of nitrogens with zero attached hydrogens (tertiary/aromatic N) is 6. The summed E-state index contributed by atoms with van der Waals surface area (Å²) in [7, 11) is 1.47. The Kier molecular flexibility index (Phi) is 21.9. The zero-order valence-corrected chi connectivity index (χ0v) is 50.2. The van der Waals surface area contributed by atoms with Gasteiger partial charge in [-0.25, -0.2) is 29.9 Å². The Bertz CT molecular complexity index is 4080. The van der Waals surface area contributed by atoms with E-state index >= 15 is 0 Å². The molecule has 0 radical (unpaired) electrons. The standard InChI is InChI=1S/2C14H10N4.C8H5Cl3N2.C8H6N2O.3C6H8N2.C3H7NO/c2*1-2-6-10-9(5-1)15-13(16-10)14-17-11-7-3-4-8-12(11)18-14;9-8(10,11)7-12-5-3-1-2-4-6(5)13-7;11-5-8-9-6-3-1-2-4-7(6)10-8;3*7-5-3-1-2-4-6(5)8;1-3(4)5-2/h2*1-8H,(H,15,16)(H,17,18);1-4H,(H,12,13);1-5H,(H,9,10);3*1-4H,7-8H2;4H,1-2H3. The number of imidazole rings is 6. The summed E-state index contributed by atoms with van der Waals surface area (Å²) in [6.45, 7) is 1.58. The third-order valence-corrected chi connectivity index (χ3v) is 13.0. The number of aromatic nitrogens is 12. The molecule has 0 aliphatic rings. The lowest BCUT2D eigenvalue weighted by atomic mass is 10.3. The van der Waals surface area contributed by atoms with Gasteiger partial charge in [-0.05, 0) is 109 Å². The molecule has 0 atom stereocenters. The Morgan fingerprint density at radius 3 is 0.787 bits per heavy atom. The molecular weight excluding hydrogens is 1190 g/mol. The maximum atomic E-state index is 10.3. The third-order valence-electron chi connectivity index (χ3n) is 12.5. The van der Waals surface area contributed by atoms with E-state index in [1.54, 1.807) is 43.3 Å². The molecule has 15 aromatic rings. The summed E-state index contributed by atoms with van der Waals surface area (Å²) in [5, 5.41) is 6.52. The number of carbonyl (C=O) groups excluding carboxylic acids is 1. The molecule has 0 aliphatic carbocycles. The molecule has 15 rings (SSSR count). The highest BCUT2D eigenvalue weighted by Crippen LogP contribution is 2.37. The Morgan fingerprint density at radius 2 is 0.584 bits per heavy atom. The summed E-state index contributed by atoms with van der Waals surface area (Å²) >= 11 is 17.0. The van der Waals surface area contributed by atoms with Crippen molar-refractivity contribution in [3.63, 3.8) is 0 Å². The van der Waals surface area contributed by atoms with Crippen LogP contribution in [0, 0.1) is 5.41 Å². The molecule has 6 heterocycles. The van der Waals surface area contributed by atoms with Crippen LogP contribution in [0.5, 0.6) is 0 Å². The van der Waals surface area contributed by atoms with Crippen molar-refractivity contribution in [1.29, 1.82) is 5.41 Å². The number of nitrogen functional groups attached to an aromatic ring is 6. The minimum Gasteiger partial charge on any atom is -0.485 e. The average Bonchev–Trinajstić information content (AvgIpc) is 3.17. The number of hydrogen-bond acceptors (Lipinski definition) is 15. The van der Waals surface area contributed by atoms with Crippen molar-refractivity contribution >= 4 is 147 Å². The van der Waals surface area contributed by atoms with E-state index in [0.717, 1.165) is 89.5 Å². The van der Waals surface area contributed by atoms with Gasteiger partial charge in [-0.15, -0.1) is 0 Å². The zero-order valence-electron chi connectivity index (χ0n) is 48.0. The minimum absolute atomic E-state index is 0.255. The molecular formula is C65H62Cl3N19O2. The van der Waals surface area contributed by atoms with E-state index in [1.165, 1.54) is 7.11 Å². The van der Waals surface area contributed by atoms with Crippen LogP contribution in [0.4, 0.5) is 34.1 Å². The molecule has 0 saturated carbocycles. The highest BCUT2D eigenvalue weighted by atomic mass is 35.6. The molecule has 0 spiro atoms. The maximum Gasteiger partial charge on any atom is 0.248 e. The normalized spacial score (nSPS) is 10.4. The van der Waals surface area contributed by atoms with Crippen molar-refractivity contribution in [3.05, 3.63) is 230 Å². The van der Waals surface area contributed by atoms with E-state index in [2.05, 4.69) is 64.5 Å². The van der Waals surface area contributed by atoms with Gasteiger partial charge >= 0.3 is 0 Å². The Morgan fingerprint density at radius 1 is 0.371 bits per heavy atom. The van der Waals surface area contributed by atoms with Gasteiger partial charge in [0.1, 0.15) is 0 Å². The Balaban J connectivity index is 0.000000136. The predicted octanol–water partition coefficient (Wildman–Crippen LogP) is 14.2. The number of alkyl halides is 3. The van der Waals surface area contributed by atoms with Crippen molar-refractivity contribution in [3.8, 4) is 23.3 Å². The van der Waals surface area contributed by atoms with Crippen molar-refractivity contribution in [2.45, 2.75) is 10.7 Å². The van der Waals surface area contributed by atoms with Crippen LogP contribution in [0.1, 0.15) is 23.4 Å². The molecule has 0 aliphatic heterocycles. The minimum atomic E-state index is -1.49. The SMILES string of the molecule is COC(C)=N.ClC(Cl)(Cl)c1nc2ccccc2[nH]1.Nc1ccccc1N.Nc1ccccc1N.Nc1ccccc1N.O=Cc1nc2ccccc2[nH]1.c1ccc2[nH]c(-c3nc4ccccc4[nH]3)nc2c1.c1ccc2[nH]c(-c3nc4ccccc4[nH]3)nc2c1. The van der Waals surface area contributed by atoms with Crippen molar-refractivity contribution in [2.24, 2.45) is 0 Å². The van der Waals surface area contributed by atoms with E-state index in [9.17, 15) is 4.79 Å². The number of nitrogens with two attached hydrogens (primary N) is 6. The topological polar surface area (TPSA) is 378 Å². The smallest absolute Gasteiger partial charge is 0.248 e. The van der Waals surface area contributed by atoms with Crippen LogP contribution in [0.25, 0.3) is 89.5 Å². The highest BCUT2D eigenvalue weighted by molar-refractivity contribution is 6.66. The number of carbonyl (C=O) groups is 1. The van der Waals surface area contributed by atoms with Gasteiger partial charge in [0, 0.05) is 6.92 Å². The molecule has 89 heavy (non-hydrogen) atoms. The largest absolute Gasteiger partial charge is 0.485 e. The van der Waals surface area contributed by atoms with Crippen molar-refractivity contribution in [1.82, 2.24) is 59.8 Å². The van der Waals surface area contributed by atoms with Gasteiger partial charge in [0.15, 0.2) is 47.1 Å². The van der Waals surface area contributed by atoms with E-state index in [4.69, 9.17) is 74.6 Å². The van der Waals surface area contributed by atoms with Crippen LogP contribution < -0.4 is 34.4 Å². The number of H-pyrrole nitrogens is 6. The number of para-hydroxylation sites is 18. The van der Waals surface area contributed by atoms with E-state index < -0.39 is 3.79 Å². The van der Waals surface area contributed by atoms with Crippen LogP contribution in [0.3, 0.4) is 0 Å². The molecule has 9 aromatic carbocycles. The fourth-order valence-electron chi connectivity index (χ4n) is 7.91. The van der Waals surface area contributed by atoms with Gasteiger partial charge in [-0.2, -0.15) is 0 Å². The number of ether oxygens (including phenoxy) is 1. The van der Waals surface area contributed by atoms with Crippen LogP contribution in [0.15, 0.2) is 218 Å². The van der Waals surface area contributed by atoms with Gasteiger partial charge < -0.3 is 69.0 Å². The van der Waals surface area contributed by atoms with E-state index in [-0.39, 0.29) is 5.90 Å². The lowest BCUT2D eigenvalue weighted by Gasteiger charge is -2.04. The lowest BCUT2D eigenvalue weighted by molar-refractivity contribution is 0.111. The number of methoxy groups -OCH3 is 1. The summed E-state index contributed by atoms with van der Waals surface area (Å²) < 4.78 is 2.85. The summed E-state index contributed by atoms with van der Waals surface area (Å²) in [5.74, 6) is 4.06. The molecule has 450 valence electrons. The Hall–Kier alpha value is -11.4. The van der Waals surface area contributed by atoms with Gasteiger partial charge in [0.25, 0.3) is 0 Å². The van der Waals surface area contributed by atoms with Gasteiger partial charge in [-0.3, -0.25) is 10.2 Å². The lowest BCUT2D eigenvalue weighted by Crippen LogP contribution is -2.01. The monoisotopic (exact) mass is 1250 g/mol. The number of halogens is 3. The first-order valence-electron chi connectivity index (χ1n) is 27.1. The second-order valence-electron chi connectivity index (χ2n) is 18.9. The maximum absolute atomic E-state index is 10.3. The predicted molar refractivity (Wildman–Crippen MR) is 365 cm³/mol. The quantitative estimate of drug-likeness (QED) is 0.0257. The molecule has 0 saturated heterocycles. The number of hydrogen-bond donors (Lipinski definition) is 13. The first-order chi connectivity index (χ1) is 43.0. The van der Waals surface area contributed by atoms with Crippen molar-refractivity contribution < 1.29 is 9.53 Å². The molecule has 6 aromatic heterocycles. The van der Waals surface area contributed by atoms with Gasteiger partial charge in [0.05, 0.1) is 107 Å². The molecule has 19 N–H and O–H groups in total. The van der Waals surface area contributed by atoms with Crippen LogP contribution >= 0.6 is 34.8 Å². The second-order valence-corrected chi connectivity index (χ2v) is 21.2.